The van der Waals surface area contributed by atoms with Crippen LogP contribution < -0.4 is 0 Å². The van der Waals surface area contributed by atoms with E-state index >= 15 is 0 Å². The van der Waals surface area contributed by atoms with Gasteiger partial charge in [-0.25, -0.2) is 8.78 Å². The van der Waals surface area contributed by atoms with Crippen LogP contribution in [0, 0.1) is 6.92 Å². The summed E-state index contributed by atoms with van der Waals surface area (Å²) in [6.45, 7) is 6.00. The third-order valence-electron chi connectivity index (χ3n) is 3.45. The summed E-state index contributed by atoms with van der Waals surface area (Å²) in [5.74, 6) is 0. The van der Waals surface area contributed by atoms with E-state index in [0.717, 1.165) is 16.3 Å². The van der Waals surface area contributed by atoms with Gasteiger partial charge in [0.1, 0.15) is 5.69 Å². The summed E-state index contributed by atoms with van der Waals surface area (Å²) in [7, 11) is 1.51. The highest BCUT2D eigenvalue weighted by molar-refractivity contribution is 5.87. The number of rotatable bonds is 2. The summed E-state index contributed by atoms with van der Waals surface area (Å²) in [6.07, 6.45) is 0.584. The van der Waals surface area contributed by atoms with Crippen molar-refractivity contribution in [2.45, 2.75) is 27.2 Å². The minimum atomic E-state index is -2.58. The Morgan fingerprint density at radius 3 is 2.55 bits per heavy atom. The van der Waals surface area contributed by atoms with E-state index in [-0.39, 0.29) is 5.69 Å². The lowest BCUT2D eigenvalue weighted by molar-refractivity contribution is 0.141. The van der Waals surface area contributed by atoms with Crippen molar-refractivity contribution in [2.24, 2.45) is 7.05 Å². The van der Waals surface area contributed by atoms with E-state index in [9.17, 15) is 8.78 Å². The van der Waals surface area contributed by atoms with Crippen molar-refractivity contribution < 1.29 is 8.78 Å². The first-order valence-corrected chi connectivity index (χ1v) is 7.23. The molecule has 0 atom stereocenters. The highest BCUT2D eigenvalue weighted by atomic mass is 19.3. The standard InChI is InChI=1S/C15H13F2N3.C2H6/c1-9-4-3-5-10-6-13(18-7-11(9)10)12-8-19-20(2)14(12)15(16)17;1-2/h3-8,15H,1-2H3;1-2H3. The molecular weight excluding hydrogens is 284 g/mol. The van der Waals surface area contributed by atoms with Crippen molar-refractivity contribution in [3.63, 3.8) is 0 Å². The molecule has 0 aliphatic heterocycles. The second kappa shape index (κ2) is 6.64. The summed E-state index contributed by atoms with van der Waals surface area (Å²) in [6, 6.07) is 7.72. The van der Waals surface area contributed by atoms with Gasteiger partial charge >= 0.3 is 0 Å². The van der Waals surface area contributed by atoms with Gasteiger partial charge in [-0.3, -0.25) is 9.67 Å². The number of halogens is 2. The van der Waals surface area contributed by atoms with Gasteiger partial charge in [0, 0.05) is 24.2 Å². The molecule has 22 heavy (non-hydrogen) atoms. The molecule has 0 saturated carbocycles. The number of aryl methyl sites for hydroxylation is 2. The Kier molecular flexibility index (Phi) is 4.85. The molecule has 0 aliphatic carbocycles. The lowest BCUT2D eigenvalue weighted by Crippen LogP contribution is -2.00. The quantitative estimate of drug-likeness (QED) is 0.673. The maximum Gasteiger partial charge on any atom is 0.280 e. The zero-order valence-corrected chi connectivity index (χ0v) is 13.1. The average molecular weight is 303 g/mol. The molecule has 3 aromatic rings. The predicted molar refractivity (Wildman–Crippen MR) is 85.0 cm³/mol. The van der Waals surface area contributed by atoms with Crippen molar-refractivity contribution >= 4 is 10.8 Å². The lowest BCUT2D eigenvalue weighted by atomic mass is 10.0. The van der Waals surface area contributed by atoms with E-state index in [2.05, 4.69) is 10.1 Å². The number of nitrogens with zero attached hydrogens (tertiary/aromatic N) is 3. The van der Waals surface area contributed by atoms with E-state index in [1.807, 2.05) is 45.0 Å². The van der Waals surface area contributed by atoms with Crippen LogP contribution in [0.5, 0.6) is 0 Å². The van der Waals surface area contributed by atoms with Crippen LogP contribution in [-0.4, -0.2) is 14.8 Å². The molecule has 0 amide bonds. The van der Waals surface area contributed by atoms with Crippen molar-refractivity contribution in [1.29, 1.82) is 0 Å². The highest BCUT2D eigenvalue weighted by Gasteiger charge is 2.20. The zero-order valence-electron chi connectivity index (χ0n) is 13.1. The minimum Gasteiger partial charge on any atom is -0.266 e. The molecule has 0 aliphatic rings. The van der Waals surface area contributed by atoms with Gasteiger partial charge < -0.3 is 0 Å². The van der Waals surface area contributed by atoms with E-state index in [1.54, 1.807) is 6.20 Å². The monoisotopic (exact) mass is 303 g/mol. The average Bonchev–Trinajstić information content (AvgIpc) is 2.91. The minimum absolute atomic E-state index is 0.107. The summed E-state index contributed by atoms with van der Waals surface area (Å²) >= 11 is 0. The molecule has 0 bridgehead atoms. The number of benzene rings is 1. The van der Waals surface area contributed by atoms with Gasteiger partial charge in [0.2, 0.25) is 0 Å². The van der Waals surface area contributed by atoms with Gasteiger partial charge in [0.05, 0.1) is 11.9 Å². The van der Waals surface area contributed by atoms with Crippen LogP contribution in [0.3, 0.4) is 0 Å². The molecule has 0 spiro atoms. The van der Waals surface area contributed by atoms with Crippen LogP contribution in [0.2, 0.25) is 0 Å². The Morgan fingerprint density at radius 1 is 1.14 bits per heavy atom. The second-order valence-corrected chi connectivity index (χ2v) is 4.73. The molecule has 0 unspecified atom stereocenters. The van der Waals surface area contributed by atoms with Gasteiger partial charge in [0.25, 0.3) is 6.43 Å². The Morgan fingerprint density at radius 2 is 1.86 bits per heavy atom. The number of hydrogen-bond donors (Lipinski definition) is 0. The summed E-state index contributed by atoms with van der Waals surface area (Å²) in [5.41, 5.74) is 1.91. The first-order chi connectivity index (χ1) is 10.6. The Bertz CT molecular complexity index is 779. The van der Waals surface area contributed by atoms with Crippen molar-refractivity contribution in [3.8, 4) is 11.3 Å². The maximum atomic E-state index is 13.1. The van der Waals surface area contributed by atoms with Gasteiger partial charge in [-0.05, 0) is 23.9 Å². The van der Waals surface area contributed by atoms with E-state index in [1.165, 1.54) is 17.9 Å². The number of hydrogen-bond acceptors (Lipinski definition) is 2. The van der Waals surface area contributed by atoms with Crippen LogP contribution >= 0.6 is 0 Å². The Balaban J connectivity index is 0.000000847. The second-order valence-electron chi connectivity index (χ2n) is 4.73. The molecule has 3 nitrogen and oxygen atoms in total. The van der Waals surface area contributed by atoms with E-state index in [0.29, 0.717) is 11.3 Å². The Labute approximate surface area is 128 Å². The molecule has 2 heterocycles. The summed E-state index contributed by atoms with van der Waals surface area (Å²) in [5, 5.41) is 5.92. The molecular formula is C17H19F2N3. The van der Waals surface area contributed by atoms with Gasteiger partial charge in [-0.15, -0.1) is 0 Å². The normalized spacial score (nSPS) is 10.7. The van der Waals surface area contributed by atoms with Crippen LogP contribution in [-0.2, 0) is 7.05 Å². The molecule has 116 valence electrons. The number of pyridine rings is 1. The third-order valence-corrected chi connectivity index (χ3v) is 3.45. The van der Waals surface area contributed by atoms with E-state index in [4.69, 9.17) is 0 Å². The summed E-state index contributed by atoms with van der Waals surface area (Å²) < 4.78 is 27.4. The Hall–Kier alpha value is -2.30. The topological polar surface area (TPSA) is 30.7 Å². The van der Waals surface area contributed by atoms with Gasteiger partial charge in [-0.2, -0.15) is 5.10 Å². The van der Waals surface area contributed by atoms with Crippen LogP contribution in [0.4, 0.5) is 8.78 Å². The fourth-order valence-corrected chi connectivity index (χ4v) is 2.37. The van der Waals surface area contributed by atoms with Crippen molar-refractivity contribution in [3.05, 3.63) is 47.9 Å². The van der Waals surface area contributed by atoms with Crippen LogP contribution in [0.1, 0.15) is 31.5 Å². The van der Waals surface area contributed by atoms with Crippen LogP contribution in [0.25, 0.3) is 22.0 Å². The maximum absolute atomic E-state index is 13.1. The molecule has 0 fully saturated rings. The van der Waals surface area contributed by atoms with Crippen molar-refractivity contribution in [2.75, 3.05) is 0 Å². The van der Waals surface area contributed by atoms with Crippen LogP contribution in [0.15, 0.2) is 36.7 Å². The zero-order chi connectivity index (χ0) is 16.3. The SMILES string of the molecule is CC.Cc1cccc2cc(-c3cnn(C)c3C(F)F)ncc12. The third kappa shape index (κ3) is 2.84. The lowest BCUT2D eigenvalue weighted by Gasteiger charge is -2.07. The number of aromatic nitrogens is 3. The highest BCUT2D eigenvalue weighted by Crippen LogP contribution is 2.31. The molecule has 2 aromatic heterocycles. The fraction of sp³-hybridized carbons (Fsp3) is 0.294. The molecule has 0 radical (unpaired) electrons. The number of alkyl halides is 2. The first-order valence-electron chi connectivity index (χ1n) is 7.23. The molecule has 1 aromatic carbocycles. The first kappa shape index (κ1) is 16.1. The molecule has 5 heteroatoms. The summed E-state index contributed by atoms with van der Waals surface area (Å²) in [4.78, 5) is 4.31. The molecule has 0 N–H and O–H groups in total. The molecule has 0 saturated heterocycles. The van der Waals surface area contributed by atoms with E-state index < -0.39 is 6.43 Å². The largest absolute Gasteiger partial charge is 0.280 e. The predicted octanol–water partition coefficient (Wildman–Crippen LogP) is 4.91. The number of fused-ring (bicyclic) bond motifs is 1. The van der Waals surface area contributed by atoms with Gasteiger partial charge in [0.15, 0.2) is 0 Å². The van der Waals surface area contributed by atoms with Gasteiger partial charge in [-0.1, -0.05) is 32.0 Å². The fourth-order valence-electron chi connectivity index (χ4n) is 2.37. The smallest absolute Gasteiger partial charge is 0.266 e. The molecule has 3 rings (SSSR count). The van der Waals surface area contributed by atoms with Crippen molar-refractivity contribution in [1.82, 2.24) is 14.8 Å².